The Morgan fingerprint density at radius 2 is 1.71 bits per heavy atom. The van der Waals surface area contributed by atoms with Crippen LogP contribution in [0.25, 0.3) is 0 Å². The molecule has 3 rings (SSSR count). The molecule has 2 aromatic rings. The fourth-order valence-electron chi connectivity index (χ4n) is 2.66. The average Bonchev–Trinajstić information content (AvgIpc) is 2.48. The van der Waals surface area contributed by atoms with E-state index in [1.807, 2.05) is 49.4 Å². The minimum Gasteiger partial charge on any atom is -0.274 e. The van der Waals surface area contributed by atoms with Crippen molar-refractivity contribution in [3.05, 3.63) is 69.7 Å². The highest BCUT2D eigenvalue weighted by Gasteiger charge is 2.34. The van der Waals surface area contributed by atoms with Crippen molar-refractivity contribution in [1.82, 2.24) is 4.90 Å². The first-order valence-electron chi connectivity index (χ1n) is 6.77. The summed E-state index contributed by atoms with van der Waals surface area (Å²) >= 11 is 3.39. The number of amides is 2. The highest BCUT2D eigenvalue weighted by Crippen LogP contribution is 2.29. The molecule has 1 atom stereocenters. The Morgan fingerprint density at radius 1 is 1.05 bits per heavy atom. The minimum absolute atomic E-state index is 0.144. The van der Waals surface area contributed by atoms with Crippen molar-refractivity contribution < 1.29 is 9.59 Å². The molecule has 0 bridgehead atoms. The Morgan fingerprint density at radius 3 is 2.43 bits per heavy atom. The lowest BCUT2D eigenvalue weighted by atomic mass is 9.96. The summed E-state index contributed by atoms with van der Waals surface area (Å²) in [6.07, 6.45) is 0.281. The molecule has 0 fully saturated rings. The van der Waals surface area contributed by atoms with Gasteiger partial charge < -0.3 is 0 Å². The molecule has 21 heavy (non-hydrogen) atoms. The van der Waals surface area contributed by atoms with Gasteiger partial charge in [0.2, 0.25) is 5.91 Å². The SMILES string of the molecule is CC(c1ccc(Br)cc1)N1C(=O)Cc2ccccc2C1=O. The number of hydrogen-bond acceptors (Lipinski definition) is 2. The topological polar surface area (TPSA) is 37.4 Å². The van der Waals surface area contributed by atoms with Gasteiger partial charge in [-0.05, 0) is 36.2 Å². The van der Waals surface area contributed by atoms with Crippen molar-refractivity contribution in [2.45, 2.75) is 19.4 Å². The monoisotopic (exact) mass is 343 g/mol. The number of imide groups is 1. The van der Waals surface area contributed by atoms with Crippen LogP contribution in [-0.4, -0.2) is 16.7 Å². The molecule has 1 aliphatic heterocycles. The lowest BCUT2D eigenvalue weighted by molar-refractivity contribution is -0.130. The van der Waals surface area contributed by atoms with Gasteiger partial charge in [0.05, 0.1) is 12.5 Å². The molecule has 0 radical (unpaired) electrons. The van der Waals surface area contributed by atoms with Crippen LogP contribution in [0.5, 0.6) is 0 Å². The van der Waals surface area contributed by atoms with E-state index in [-0.39, 0.29) is 24.3 Å². The van der Waals surface area contributed by atoms with E-state index >= 15 is 0 Å². The molecule has 4 heteroatoms. The van der Waals surface area contributed by atoms with Crippen LogP contribution >= 0.6 is 15.9 Å². The van der Waals surface area contributed by atoms with Gasteiger partial charge in [0.15, 0.2) is 0 Å². The van der Waals surface area contributed by atoms with Gasteiger partial charge in [-0.2, -0.15) is 0 Å². The van der Waals surface area contributed by atoms with E-state index in [9.17, 15) is 9.59 Å². The molecule has 0 spiro atoms. The quantitative estimate of drug-likeness (QED) is 0.779. The second-order valence-corrected chi connectivity index (χ2v) is 6.05. The molecule has 106 valence electrons. The predicted molar refractivity (Wildman–Crippen MR) is 83.9 cm³/mol. The summed E-state index contributed by atoms with van der Waals surface area (Å²) in [5.74, 6) is -0.355. The smallest absolute Gasteiger partial charge is 0.261 e. The third-order valence-electron chi connectivity index (χ3n) is 3.82. The number of benzene rings is 2. The summed E-state index contributed by atoms with van der Waals surface area (Å²) in [7, 11) is 0. The summed E-state index contributed by atoms with van der Waals surface area (Å²) in [5.41, 5.74) is 2.38. The van der Waals surface area contributed by atoms with Crippen LogP contribution in [0.15, 0.2) is 53.0 Å². The van der Waals surface area contributed by atoms with Gasteiger partial charge in [0, 0.05) is 10.0 Å². The summed E-state index contributed by atoms with van der Waals surface area (Å²) in [4.78, 5) is 26.3. The zero-order chi connectivity index (χ0) is 15.0. The predicted octanol–water partition coefficient (Wildman–Crippen LogP) is 3.74. The van der Waals surface area contributed by atoms with E-state index in [1.165, 1.54) is 4.90 Å². The van der Waals surface area contributed by atoms with Crippen LogP contribution in [0.2, 0.25) is 0 Å². The van der Waals surface area contributed by atoms with Gasteiger partial charge in [-0.1, -0.05) is 46.3 Å². The molecule has 1 aliphatic rings. The van der Waals surface area contributed by atoms with Crippen LogP contribution in [0.4, 0.5) is 0 Å². The molecule has 1 unspecified atom stereocenters. The molecule has 3 nitrogen and oxygen atoms in total. The molecule has 2 amide bonds. The van der Waals surface area contributed by atoms with Gasteiger partial charge >= 0.3 is 0 Å². The van der Waals surface area contributed by atoms with Gasteiger partial charge in [-0.25, -0.2) is 0 Å². The molecule has 0 aliphatic carbocycles. The van der Waals surface area contributed by atoms with Crippen LogP contribution in [-0.2, 0) is 11.2 Å². The third kappa shape index (κ3) is 2.51. The Balaban J connectivity index is 1.97. The maximum Gasteiger partial charge on any atom is 0.261 e. The van der Waals surface area contributed by atoms with E-state index in [1.54, 1.807) is 6.07 Å². The van der Waals surface area contributed by atoms with E-state index in [2.05, 4.69) is 15.9 Å². The Kier molecular flexibility index (Phi) is 3.64. The standard InChI is InChI=1S/C17H14BrNO2/c1-11(12-6-8-14(18)9-7-12)19-16(20)10-13-4-2-3-5-15(13)17(19)21/h2-9,11H,10H2,1H3. The number of fused-ring (bicyclic) bond motifs is 1. The molecule has 1 heterocycles. The van der Waals surface area contributed by atoms with Crippen LogP contribution in [0.3, 0.4) is 0 Å². The van der Waals surface area contributed by atoms with Crippen molar-refractivity contribution in [3.63, 3.8) is 0 Å². The van der Waals surface area contributed by atoms with Crippen molar-refractivity contribution in [3.8, 4) is 0 Å². The number of carbonyl (C=O) groups excluding carboxylic acids is 2. The van der Waals surface area contributed by atoms with Crippen LogP contribution in [0, 0.1) is 0 Å². The Labute approximate surface area is 131 Å². The van der Waals surface area contributed by atoms with Gasteiger partial charge in [0.1, 0.15) is 0 Å². The third-order valence-corrected chi connectivity index (χ3v) is 4.35. The molecule has 2 aromatic carbocycles. The molecule has 0 saturated carbocycles. The number of hydrogen-bond donors (Lipinski definition) is 0. The average molecular weight is 344 g/mol. The van der Waals surface area contributed by atoms with E-state index in [0.717, 1.165) is 15.6 Å². The van der Waals surface area contributed by atoms with E-state index in [0.29, 0.717) is 5.56 Å². The summed E-state index contributed by atoms with van der Waals surface area (Å²) in [6.45, 7) is 1.88. The molecule has 0 saturated heterocycles. The van der Waals surface area contributed by atoms with Crippen molar-refractivity contribution in [2.24, 2.45) is 0 Å². The van der Waals surface area contributed by atoms with Crippen molar-refractivity contribution in [1.29, 1.82) is 0 Å². The van der Waals surface area contributed by atoms with Gasteiger partial charge in [-0.3, -0.25) is 14.5 Å². The highest BCUT2D eigenvalue weighted by molar-refractivity contribution is 9.10. The maximum atomic E-state index is 12.6. The largest absolute Gasteiger partial charge is 0.274 e. The highest BCUT2D eigenvalue weighted by atomic mass is 79.9. The first kappa shape index (κ1) is 14.0. The Bertz CT molecular complexity index is 709. The fourth-order valence-corrected chi connectivity index (χ4v) is 2.92. The molecular weight excluding hydrogens is 330 g/mol. The zero-order valence-electron chi connectivity index (χ0n) is 11.5. The van der Waals surface area contributed by atoms with Crippen LogP contribution in [0.1, 0.15) is 34.5 Å². The summed E-state index contributed by atoms with van der Waals surface area (Å²) < 4.78 is 0.972. The first-order valence-corrected chi connectivity index (χ1v) is 7.57. The summed E-state index contributed by atoms with van der Waals surface area (Å²) in [6, 6.07) is 14.7. The number of halogens is 1. The molecular formula is C17H14BrNO2. The fraction of sp³-hybridized carbons (Fsp3) is 0.176. The van der Waals surface area contributed by atoms with Crippen LogP contribution < -0.4 is 0 Å². The second-order valence-electron chi connectivity index (χ2n) is 5.13. The van der Waals surface area contributed by atoms with Crippen molar-refractivity contribution in [2.75, 3.05) is 0 Å². The molecule has 0 aromatic heterocycles. The number of carbonyl (C=O) groups is 2. The summed E-state index contributed by atoms with van der Waals surface area (Å²) in [5, 5.41) is 0. The van der Waals surface area contributed by atoms with Gasteiger partial charge in [-0.15, -0.1) is 0 Å². The Hall–Kier alpha value is -1.94. The first-order chi connectivity index (χ1) is 10.1. The number of nitrogens with zero attached hydrogens (tertiary/aromatic N) is 1. The second kappa shape index (κ2) is 5.45. The lowest BCUT2D eigenvalue weighted by Crippen LogP contribution is -2.43. The van der Waals surface area contributed by atoms with Gasteiger partial charge in [0.25, 0.3) is 5.91 Å². The van der Waals surface area contributed by atoms with Crippen molar-refractivity contribution >= 4 is 27.7 Å². The maximum absolute atomic E-state index is 12.6. The lowest BCUT2D eigenvalue weighted by Gasteiger charge is -2.32. The molecule has 0 N–H and O–H groups in total. The normalized spacial score (nSPS) is 15.8. The van der Waals surface area contributed by atoms with E-state index in [4.69, 9.17) is 0 Å². The van der Waals surface area contributed by atoms with E-state index < -0.39 is 0 Å². The zero-order valence-corrected chi connectivity index (χ0v) is 13.1. The number of rotatable bonds is 2. The minimum atomic E-state index is -0.272.